The summed E-state index contributed by atoms with van der Waals surface area (Å²) in [5.41, 5.74) is 4.62. The van der Waals surface area contributed by atoms with Crippen LogP contribution in [0.1, 0.15) is 30.1 Å². The molecule has 3 heterocycles. The summed E-state index contributed by atoms with van der Waals surface area (Å²) in [6, 6.07) is 9.56. The topological polar surface area (TPSA) is 8.17 Å². The lowest BCUT2D eigenvalue weighted by Gasteiger charge is -2.30. The van der Waals surface area contributed by atoms with Crippen LogP contribution in [0.2, 0.25) is 0 Å². The van der Waals surface area contributed by atoms with Crippen LogP contribution >= 0.6 is 0 Å². The summed E-state index contributed by atoms with van der Waals surface area (Å²) in [4.78, 5) is 2.67. The van der Waals surface area contributed by atoms with Gasteiger partial charge < -0.3 is 4.57 Å². The molecule has 0 saturated carbocycles. The van der Waals surface area contributed by atoms with Gasteiger partial charge in [0, 0.05) is 30.2 Å². The molecule has 1 aromatic heterocycles. The molecule has 2 aliphatic rings. The van der Waals surface area contributed by atoms with Crippen molar-refractivity contribution in [3.8, 4) is 0 Å². The van der Waals surface area contributed by atoms with Crippen molar-refractivity contribution < 1.29 is 0 Å². The Kier molecular flexibility index (Phi) is 1.92. The molecule has 0 bridgehead atoms. The van der Waals surface area contributed by atoms with E-state index in [1.54, 1.807) is 11.3 Å². The summed E-state index contributed by atoms with van der Waals surface area (Å²) in [5, 5.41) is 1.48. The average Bonchev–Trinajstić information content (AvgIpc) is 2.93. The predicted molar refractivity (Wildman–Crippen MR) is 70.2 cm³/mol. The standard InChI is InChI=1S/C15H18N2/c1-16-13-6-3-2-5-11(13)12-8-10-17-9-4-7-14(17)15(12)16/h2-3,5-6,14H,4,7-10H2,1H3/t14-/m1/s1. The van der Waals surface area contributed by atoms with Crippen LogP contribution in [0, 0.1) is 0 Å². The smallest absolute Gasteiger partial charge is 0.0504 e. The number of aromatic nitrogens is 1. The number of para-hydroxylation sites is 1. The molecule has 4 rings (SSSR count). The minimum Gasteiger partial charge on any atom is -0.346 e. The molecule has 1 aromatic carbocycles. The Morgan fingerprint density at radius 2 is 2.06 bits per heavy atom. The zero-order valence-corrected chi connectivity index (χ0v) is 10.3. The van der Waals surface area contributed by atoms with Gasteiger partial charge in [0.1, 0.15) is 0 Å². The molecule has 17 heavy (non-hydrogen) atoms. The molecule has 0 aliphatic carbocycles. The fraction of sp³-hybridized carbons (Fsp3) is 0.467. The van der Waals surface area contributed by atoms with E-state index in [0.717, 1.165) is 0 Å². The van der Waals surface area contributed by atoms with Gasteiger partial charge >= 0.3 is 0 Å². The average molecular weight is 226 g/mol. The third-order valence-corrected chi connectivity index (χ3v) is 4.59. The molecule has 2 aromatic rings. The Labute approximate surface area is 102 Å². The van der Waals surface area contributed by atoms with Crippen molar-refractivity contribution in [1.29, 1.82) is 0 Å². The minimum atomic E-state index is 0.691. The molecule has 88 valence electrons. The first kappa shape index (κ1) is 9.72. The molecular formula is C15H18N2. The Morgan fingerprint density at radius 1 is 1.18 bits per heavy atom. The van der Waals surface area contributed by atoms with Crippen LogP contribution in [0.5, 0.6) is 0 Å². The summed E-state index contributed by atoms with van der Waals surface area (Å²) >= 11 is 0. The highest BCUT2D eigenvalue weighted by molar-refractivity contribution is 5.86. The van der Waals surface area contributed by atoms with Crippen LogP contribution in [-0.2, 0) is 13.5 Å². The molecule has 2 heteroatoms. The number of fused-ring (bicyclic) bond motifs is 5. The van der Waals surface area contributed by atoms with Crippen LogP contribution in [0.15, 0.2) is 24.3 Å². The first-order chi connectivity index (χ1) is 8.36. The van der Waals surface area contributed by atoms with Crippen molar-refractivity contribution >= 4 is 10.9 Å². The molecule has 0 unspecified atom stereocenters. The minimum absolute atomic E-state index is 0.691. The highest BCUT2D eigenvalue weighted by atomic mass is 15.2. The first-order valence-corrected chi connectivity index (χ1v) is 6.66. The monoisotopic (exact) mass is 226 g/mol. The van der Waals surface area contributed by atoms with E-state index in [4.69, 9.17) is 0 Å². The largest absolute Gasteiger partial charge is 0.346 e. The summed E-state index contributed by atoms with van der Waals surface area (Å²) in [7, 11) is 2.24. The Bertz CT molecular complexity index is 582. The molecule has 1 atom stereocenters. The van der Waals surface area contributed by atoms with E-state index in [0.29, 0.717) is 6.04 Å². The highest BCUT2D eigenvalue weighted by Crippen LogP contribution is 2.41. The van der Waals surface area contributed by atoms with E-state index >= 15 is 0 Å². The van der Waals surface area contributed by atoms with E-state index in [1.807, 2.05) is 0 Å². The Balaban J connectivity index is 2.03. The molecule has 2 aliphatic heterocycles. The Morgan fingerprint density at radius 3 is 3.00 bits per heavy atom. The number of aryl methyl sites for hydroxylation is 1. The second kappa shape index (κ2) is 3.36. The summed E-state index contributed by atoms with van der Waals surface area (Å²) < 4.78 is 2.44. The summed E-state index contributed by atoms with van der Waals surface area (Å²) in [5.74, 6) is 0. The fourth-order valence-electron chi connectivity index (χ4n) is 3.84. The zero-order chi connectivity index (χ0) is 11.4. The number of benzene rings is 1. The lowest BCUT2D eigenvalue weighted by molar-refractivity contribution is 0.236. The fourth-order valence-corrected chi connectivity index (χ4v) is 3.84. The first-order valence-electron chi connectivity index (χ1n) is 6.66. The van der Waals surface area contributed by atoms with Gasteiger partial charge in [-0.15, -0.1) is 0 Å². The third-order valence-electron chi connectivity index (χ3n) is 4.59. The molecule has 0 radical (unpaired) electrons. The van der Waals surface area contributed by atoms with Gasteiger partial charge in [0.2, 0.25) is 0 Å². The maximum atomic E-state index is 2.67. The van der Waals surface area contributed by atoms with E-state index in [-0.39, 0.29) is 0 Å². The van der Waals surface area contributed by atoms with Crippen molar-refractivity contribution in [2.24, 2.45) is 7.05 Å². The lowest BCUT2D eigenvalue weighted by Crippen LogP contribution is -2.31. The van der Waals surface area contributed by atoms with Crippen LogP contribution < -0.4 is 0 Å². The number of hydrogen-bond donors (Lipinski definition) is 0. The quantitative estimate of drug-likeness (QED) is 0.670. The SMILES string of the molecule is Cn1c2c(c3ccccc31)CCN1CCC[C@H]21. The van der Waals surface area contributed by atoms with Crippen LogP contribution in [-0.4, -0.2) is 22.6 Å². The number of rotatable bonds is 0. The zero-order valence-electron chi connectivity index (χ0n) is 10.3. The van der Waals surface area contributed by atoms with Crippen LogP contribution in [0.4, 0.5) is 0 Å². The normalized spacial score (nSPS) is 23.9. The van der Waals surface area contributed by atoms with Gasteiger partial charge in [0.15, 0.2) is 0 Å². The molecule has 2 nitrogen and oxygen atoms in total. The van der Waals surface area contributed by atoms with E-state index in [2.05, 4.69) is 40.8 Å². The molecule has 1 fully saturated rings. The summed E-state index contributed by atoms with van der Waals surface area (Å²) in [6.45, 7) is 2.55. The van der Waals surface area contributed by atoms with Gasteiger partial charge in [-0.2, -0.15) is 0 Å². The van der Waals surface area contributed by atoms with E-state index in [1.165, 1.54) is 43.3 Å². The second-order valence-electron chi connectivity index (χ2n) is 5.38. The van der Waals surface area contributed by atoms with Crippen molar-refractivity contribution in [3.63, 3.8) is 0 Å². The Hall–Kier alpha value is -1.28. The number of nitrogens with zero attached hydrogens (tertiary/aromatic N) is 2. The maximum absolute atomic E-state index is 2.67. The van der Waals surface area contributed by atoms with E-state index in [9.17, 15) is 0 Å². The molecule has 0 amide bonds. The molecular weight excluding hydrogens is 208 g/mol. The molecule has 1 saturated heterocycles. The van der Waals surface area contributed by atoms with Crippen LogP contribution in [0.3, 0.4) is 0 Å². The molecule has 0 N–H and O–H groups in total. The van der Waals surface area contributed by atoms with Gasteiger partial charge in [-0.05, 0) is 37.4 Å². The maximum Gasteiger partial charge on any atom is 0.0504 e. The lowest BCUT2D eigenvalue weighted by atomic mass is 9.98. The second-order valence-corrected chi connectivity index (χ2v) is 5.38. The van der Waals surface area contributed by atoms with E-state index < -0.39 is 0 Å². The van der Waals surface area contributed by atoms with Crippen molar-refractivity contribution in [3.05, 3.63) is 35.5 Å². The third kappa shape index (κ3) is 1.19. The van der Waals surface area contributed by atoms with Crippen molar-refractivity contribution in [2.45, 2.75) is 25.3 Å². The number of hydrogen-bond acceptors (Lipinski definition) is 1. The van der Waals surface area contributed by atoms with Gasteiger partial charge in [-0.1, -0.05) is 18.2 Å². The van der Waals surface area contributed by atoms with Crippen molar-refractivity contribution in [2.75, 3.05) is 13.1 Å². The predicted octanol–water partition coefficient (Wildman–Crippen LogP) is 2.87. The highest BCUT2D eigenvalue weighted by Gasteiger charge is 2.34. The molecule has 0 spiro atoms. The van der Waals surface area contributed by atoms with Crippen molar-refractivity contribution in [1.82, 2.24) is 9.47 Å². The van der Waals surface area contributed by atoms with Gasteiger partial charge in [0.05, 0.1) is 6.04 Å². The van der Waals surface area contributed by atoms with Gasteiger partial charge in [-0.25, -0.2) is 0 Å². The van der Waals surface area contributed by atoms with Crippen LogP contribution in [0.25, 0.3) is 10.9 Å². The van der Waals surface area contributed by atoms with Gasteiger partial charge in [0.25, 0.3) is 0 Å². The summed E-state index contributed by atoms with van der Waals surface area (Å²) in [6.07, 6.45) is 3.94. The van der Waals surface area contributed by atoms with Gasteiger partial charge in [-0.3, -0.25) is 4.90 Å².